The Morgan fingerprint density at radius 2 is 1.75 bits per heavy atom. The molecule has 5 unspecified atom stereocenters. The lowest BCUT2D eigenvalue weighted by Crippen LogP contribution is -2.47. The number of allylic oxidation sites excluding steroid dienone is 2. The number of likely N-dealkylation sites (tertiary alicyclic amines) is 1. The summed E-state index contributed by atoms with van der Waals surface area (Å²) >= 11 is 0. The number of hydrogen-bond acceptors (Lipinski definition) is 5. The van der Waals surface area contributed by atoms with E-state index < -0.39 is 16.9 Å². The second-order valence-corrected chi connectivity index (χ2v) is 7.58. The Bertz CT molecular complexity index is 864. The topological polar surface area (TPSA) is 110 Å². The van der Waals surface area contributed by atoms with Crippen LogP contribution in [-0.4, -0.2) is 33.6 Å². The van der Waals surface area contributed by atoms with E-state index in [2.05, 4.69) is 5.32 Å². The maximum Gasteiger partial charge on any atom is 0.292 e. The molecule has 8 heteroatoms. The highest BCUT2D eigenvalue weighted by atomic mass is 16.6. The van der Waals surface area contributed by atoms with Crippen molar-refractivity contribution >= 4 is 29.1 Å². The Morgan fingerprint density at radius 3 is 2.25 bits per heavy atom. The fourth-order valence-corrected chi connectivity index (χ4v) is 4.84. The first kappa shape index (κ1) is 18.3. The fourth-order valence-electron chi connectivity index (χ4n) is 4.84. The SMILES string of the molecule is CCC(C(=O)Nc1ccccc1[N+](=O)[O-])N1C(=O)C2C3C=CC(CC3)C2C1=O. The minimum Gasteiger partial charge on any atom is -0.319 e. The minimum absolute atomic E-state index is 0.0484. The highest BCUT2D eigenvalue weighted by Gasteiger charge is 2.58. The van der Waals surface area contributed by atoms with Crippen LogP contribution in [0.1, 0.15) is 26.2 Å². The molecule has 1 saturated heterocycles. The number of hydrogen-bond donors (Lipinski definition) is 1. The van der Waals surface area contributed by atoms with Crippen molar-refractivity contribution in [3.8, 4) is 0 Å². The van der Waals surface area contributed by atoms with Crippen LogP contribution in [-0.2, 0) is 14.4 Å². The molecule has 8 nitrogen and oxygen atoms in total. The number of nitrogens with zero attached hydrogens (tertiary/aromatic N) is 2. The van der Waals surface area contributed by atoms with Crippen molar-refractivity contribution < 1.29 is 19.3 Å². The molecule has 0 spiro atoms. The number of imide groups is 1. The van der Waals surface area contributed by atoms with Gasteiger partial charge >= 0.3 is 0 Å². The number of fused-ring (bicyclic) bond motifs is 1. The predicted molar refractivity (Wildman–Crippen MR) is 100.0 cm³/mol. The summed E-state index contributed by atoms with van der Waals surface area (Å²) in [6.07, 6.45) is 6.06. The maximum absolute atomic E-state index is 13.1. The lowest BCUT2D eigenvalue weighted by Gasteiger charge is -2.38. The summed E-state index contributed by atoms with van der Waals surface area (Å²) < 4.78 is 0. The summed E-state index contributed by atoms with van der Waals surface area (Å²) in [7, 11) is 0. The van der Waals surface area contributed by atoms with Gasteiger partial charge in [0.25, 0.3) is 5.69 Å². The van der Waals surface area contributed by atoms with E-state index in [9.17, 15) is 24.5 Å². The van der Waals surface area contributed by atoms with Crippen molar-refractivity contribution in [1.29, 1.82) is 0 Å². The lowest BCUT2D eigenvalue weighted by molar-refractivity contribution is -0.383. The zero-order valence-corrected chi connectivity index (χ0v) is 15.4. The van der Waals surface area contributed by atoms with Gasteiger partial charge in [0.15, 0.2) is 0 Å². The number of carbonyl (C=O) groups excluding carboxylic acids is 3. The normalized spacial score (nSPS) is 29.0. The van der Waals surface area contributed by atoms with Crippen LogP contribution >= 0.6 is 0 Å². The zero-order valence-electron chi connectivity index (χ0n) is 15.4. The van der Waals surface area contributed by atoms with Gasteiger partial charge in [0.05, 0.1) is 16.8 Å². The van der Waals surface area contributed by atoms with Crippen LogP contribution in [0.4, 0.5) is 11.4 Å². The minimum atomic E-state index is -0.982. The second kappa shape index (κ2) is 6.85. The molecular weight excluding hydrogens is 362 g/mol. The summed E-state index contributed by atoms with van der Waals surface area (Å²) in [6, 6.07) is 4.82. The average Bonchev–Trinajstić information content (AvgIpc) is 2.97. The molecule has 4 aliphatic rings. The van der Waals surface area contributed by atoms with Crippen LogP contribution in [0.3, 0.4) is 0 Å². The molecule has 1 aromatic carbocycles. The second-order valence-electron chi connectivity index (χ2n) is 7.58. The molecule has 1 N–H and O–H groups in total. The van der Waals surface area contributed by atoms with Crippen molar-refractivity contribution in [3.05, 3.63) is 46.5 Å². The molecule has 0 radical (unpaired) electrons. The molecule has 3 amide bonds. The Hall–Kier alpha value is -3.03. The number of benzene rings is 1. The molecule has 0 aromatic heterocycles. The molecule has 1 heterocycles. The van der Waals surface area contributed by atoms with Gasteiger partial charge in [-0.25, -0.2) is 0 Å². The number of rotatable bonds is 5. The van der Waals surface area contributed by atoms with E-state index >= 15 is 0 Å². The molecule has 1 aliphatic heterocycles. The van der Waals surface area contributed by atoms with Crippen molar-refractivity contribution in [3.63, 3.8) is 0 Å². The van der Waals surface area contributed by atoms with Gasteiger partial charge in [-0.15, -0.1) is 0 Å². The van der Waals surface area contributed by atoms with Crippen LogP contribution < -0.4 is 5.32 Å². The number of carbonyl (C=O) groups is 3. The first-order valence-electron chi connectivity index (χ1n) is 9.53. The average molecular weight is 383 g/mol. The summed E-state index contributed by atoms with van der Waals surface area (Å²) in [6.45, 7) is 1.72. The van der Waals surface area contributed by atoms with E-state index in [4.69, 9.17) is 0 Å². The van der Waals surface area contributed by atoms with Crippen LogP contribution in [0.25, 0.3) is 0 Å². The van der Waals surface area contributed by atoms with E-state index in [0.29, 0.717) is 0 Å². The molecule has 5 rings (SSSR count). The van der Waals surface area contributed by atoms with E-state index in [1.807, 2.05) is 12.2 Å². The molecule has 2 fully saturated rings. The summed E-state index contributed by atoms with van der Waals surface area (Å²) in [5, 5.41) is 13.7. The van der Waals surface area contributed by atoms with Gasteiger partial charge < -0.3 is 5.32 Å². The third-order valence-corrected chi connectivity index (χ3v) is 6.15. The Morgan fingerprint density at radius 1 is 1.18 bits per heavy atom. The first-order chi connectivity index (χ1) is 13.4. The Balaban J connectivity index is 1.59. The van der Waals surface area contributed by atoms with Gasteiger partial charge in [0, 0.05) is 6.07 Å². The van der Waals surface area contributed by atoms with Gasteiger partial charge in [0.2, 0.25) is 17.7 Å². The van der Waals surface area contributed by atoms with Gasteiger partial charge in [0.1, 0.15) is 11.7 Å². The maximum atomic E-state index is 13.1. The van der Waals surface area contributed by atoms with Crippen LogP contribution in [0, 0.1) is 33.8 Å². The molecule has 3 aliphatic carbocycles. The number of nitro groups is 1. The fraction of sp³-hybridized carbons (Fsp3) is 0.450. The summed E-state index contributed by atoms with van der Waals surface area (Å²) in [5.41, 5.74) is -0.185. The number of nitro benzene ring substituents is 1. The summed E-state index contributed by atoms with van der Waals surface area (Å²) in [4.78, 5) is 50.7. The smallest absolute Gasteiger partial charge is 0.292 e. The number of para-hydroxylation sites is 2. The third kappa shape index (κ3) is 2.71. The molecular formula is C20H21N3O5. The highest BCUT2D eigenvalue weighted by molar-refractivity contribution is 6.10. The van der Waals surface area contributed by atoms with Gasteiger partial charge in [-0.2, -0.15) is 0 Å². The molecule has 146 valence electrons. The predicted octanol–water partition coefficient (Wildman–Crippen LogP) is 2.51. The Labute approximate surface area is 161 Å². The van der Waals surface area contributed by atoms with Gasteiger partial charge in [-0.3, -0.25) is 29.4 Å². The third-order valence-electron chi connectivity index (χ3n) is 6.15. The highest BCUT2D eigenvalue weighted by Crippen LogP contribution is 2.50. The number of anilines is 1. The van der Waals surface area contributed by atoms with Crippen molar-refractivity contribution in [1.82, 2.24) is 4.90 Å². The molecule has 1 saturated carbocycles. The van der Waals surface area contributed by atoms with Crippen LogP contribution in [0.5, 0.6) is 0 Å². The van der Waals surface area contributed by atoms with Gasteiger partial charge in [-0.05, 0) is 37.2 Å². The van der Waals surface area contributed by atoms with E-state index in [1.54, 1.807) is 13.0 Å². The molecule has 28 heavy (non-hydrogen) atoms. The van der Waals surface area contributed by atoms with E-state index in [-0.39, 0.29) is 53.3 Å². The lowest BCUT2D eigenvalue weighted by atomic mass is 9.63. The zero-order chi connectivity index (χ0) is 20.0. The quantitative estimate of drug-likeness (QED) is 0.364. The van der Waals surface area contributed by atoms with Crippen LogP contribution in [0.15, 0.2) is 36.4 Å². The van der Waals surface area contributed by atoms with Crippen LogP contribution in [0.2, 0.25) is 0 Å². The Kier molecular flexibility index (Phi) is 4.49. The van der Waals surface area contributed by atoms with E-state index in [0.717, 1.165) is 17.7 Å². The van der Waals surface area contributed by atoms with E-state index in [1.165, 1.54) is 18.2 Å². The molecule has 1 aromatic rings. The number of amides is 3. The first-order valence-corrected chi connectivity index (χ1v) is 9.53. The van der Waals surface area contributed by atoms with Crippen molar-refractivity contribution in [2.24, 2.45) is 23.7 Å². The molecule has 2 bridgehead atoms. The molecule has 5 atom stereocenters. The standard InChI is InChI=1S/C20H21N3O5/c1-2-14(18(24)21-13-5-3-4-6-15(13)23(27)28)22-19(25)16-11-7-8-12(10-9-11)17(16)20(22)26/h3-8,11-12,14,16-17H,2,9-10H2,1H3,(H,21,24). The monoisotopic (exact) mass is 383 g/mol. The van der Waals surface area contributed by atoms with Crippen molar-refractivity contribution in [2.75, 3.05) is 5.32 Å². The largest absolute Gasteiger partial charge is 0.319 e. The number of nitrogens with one attached hydrogen (secondary N) is 1. The summed E-state index contributed by atoms with van der Waals surface area (Å²) in [5.74, 6) is -1.84. The van der Waals surface area contributed by atoms with Crippen molar-refractivity contribution in [2.45, 2.75) is 32.2 Å². The van der Waals surface area contributed by atoms with Gasteiger partial charge in [-0.1, -0.05) is 31.2 Å².